The van der Waals surface area contributed by atoms with E-state index in [-0.39, 0.29) is 19.4 Å². The molecule has 98 valence electrons. The normalized spacial score (nSPS) is 27.1. The highest BCUT2D eigenvalue weighted by molar-refractivity contribution is 6.06. The van der Waals surface area contributed by atoms with E-state index >= 15 is 0 Å². The second-order valence-corrected chi connectivity index (χ2v) is 4.59. The number of rotatable bonds is 1. The Kier molecular flexibility index (Phi) is 2.26. The minimum atomic E-state index is -1.75. The van der Waals surface area contributed by atoms with Crippen LogP contribution in [0.3, 0.4) is 0 Å². The highest BCUT2D eigenvalue weighted by Gasteiger charge is 2.39. The fraction of sp³-hybridized carbons (Fsp3) is 0.308. The fourth-order valence-corrected chi connectivity index (χ4v) is 2.44. The average molecular weight is 260 g/mol. The van der Waals surface area contributed by atoms with E-state index < -0.39 is 23.7 Å². The van der Waals surface area contributed by atoms with Crippen molar-refractivity contribution >= 4 is 23.4 Å². The van der Waals surface area contributed by atoms with Gasteiger partial charge < -0.3 is 10.6 Å². The number of nitrogen functional groups attached to an aromatic ring is 1. The Bertz CT molecular complexity index is 646. The molecule has 1 atom stereocenters. The predicted molar refractivity (Wildman–Crippen MR) is 66.9 cm³/mol. The second-order valence-electron chi connectivity index (χ2n) is 4.59. The lowest BCUT2D eigenvalue weighted by molar-refractivity contribution is -0.136. The van der Waals surface area contributed by atoms with Crippen molar-refractivity contribution < 1.29 is 15.8 Å². The maximum atomic E-state index is 12.4. The summed E-state index contributed by atoms with van der Waals surface area (Å²) in [6.45, 7) is 0.117. The van der Waals surface area contributed by atoms with Crippen LogP contribution in [0.4, 0.5) is 5.69 Å². The summed E-state index contributed by atoms with van der Waals surface area (Å²) in [5.74, 6) is -1.57. The molecule has 19 heavy (non-hydrogen) atoms. The minimum Gasteiger partial charge on any atom is -0.398 e. The van der Waals surface area contributed by atoms with Crippen LogP contribution in [-0.2, 0) is 16.1 Å². The molecule has 0 unspecified atom stereocenters. The molecule has 2 aliphatic rings. The van der Waals surface area contributed by atoms with Crippen molar-refractivity contribution in [2.24, 2.45) is 0 Å². The van der Waals surface area contributed by atoms with Crippen LogP contribution >= 0.6 is 0 Å². The molecule has 0 aliphatic carbocycles. The number of nitrogens with two attached hydrogens (primary N) is 1. The van der Waals surface area contributed by atoms with E-state index in [1.54, 1.807) is 18.2 Å². The number of anilines is 1. The van der Waals surface area contributed by atoms with Gasteiger partial charge in [0.1, 0.15) is 6.02 Å². The van der Waals surface area contributed by atoms with Crippen LogP contribution < -0.4 is 11.1 Å². The molecule has 1 aromatic rings. The zero-order chi connectivity index (χ0) is 14.5. The van der Waals surface area contributed by atoms with Gasteiger partial charge in [0.15, 0.2) is 0 Å². The zero-order valence-electron chi connectivity index (χ0n) is 11.1. The SMILES string of the molecule is [2H][C@@]1(N2Cc3c(N)cccc3C2=O)CCC(=O)NC1=O. The molecule has 0 bridgehead atoms. The summed E-state index contributed by atoms with van der Waals surface area (Å²) < 4.78 is 8.29. The van der Waals surface area contributed by atoms with Gasteiger partial charge in [-0.1, -0.05) is 6.07 Å². The summed E-state index contributed by atoms with van der Waals surface area (Å²) in [7, 11) is 0. The summed E-state index contributed by atoms with van der Waals surface area (Å²) in [5, 5.41) is 2.12. The lowest BCUT2D eigenvalue weighted by Gasteiger charge is -2.29. The molecule has 1 aromatic carbocycles. The minimum absolute atomic E-state index is 0.00268. The lowest BCUT2D eigenvalue weighted by Crippen LogP contribution is -2.52. The predicted octanol–water partition coefficient (Wildman–Crippen LogP) is 0.0298. The monoisotopic (exact) mass is 260 g/mol. The van der Waals surface area contributed by atoms with Gasteiger partial charge in [0.25, 0.3) is 5.91 Å². The van der Waals surface area contributed by atoms with Crippen LogP contribution in [0, 0.1) is 0 Å². The number of nitrogens with zero attached hydrogens (tertiary/aromatic N) is 1. The summed E-state index contributed by atoms with van der Waals surface area (Å²) >= 11 is 0. The number of fused-ring (bicyclic) bond motifs is 1. The summed E-state index contributed by atoms with van der Waals surface area (Å²) in [6, 6.07) is 3.22. The van der Waals surface area contributed by atoms with Crippen molar-refractivity contribution in [2.45, 2.75) is 25.4 Å². The lowest BCUT2D eigenvalue weighted by atomic mass is 10.0. The Labute approximate surface area is 111 Å². The smallest absolute Gasteiger partial charge is 0.255 e. The van der Waals surface area contributed by atoms with Crippen LogP contribution in [0.25, 0.3) is 0 Å². The molecule has 0 radical (unpaired) electrons. The number of imide groups is 1. The molecule has 3 amide bonds. The summed E-state index contributed by atoms with van der Waals surface area (Å²) in [5.41, 5.74) is 7.35. The number of carbonyl (C=O) groups excluding carboxylic acids is 3. The second kappa shape index (κ2) is 4.08. The third kappa shape index (κ3) is 1.76. The molecule has 3 rings (SSSR count). The van der Waals surface area contributed by atoms with Gasteiger partial charge in [0.2, 0.25) is 11.8 Å². The molecule has 3 N–H and O–H groups in total. The van der Waals surface area contributed by atoms with Gasteiger partial charge in [-0.15, -0.1) is 0 Å². The van der Waals surface area contributed by atoms with Crippen LogP contribution in [0.15, 0.2) is 18.2 Å². The molecule has 0 saturated carbocycles. The molecule has 2 aliphatic heterocycles. The first-order valence-electron chi connectivity index (χ1n) is 6.47. The zero-order valence-corrected chi connectivity index (χ0v) is 10.1. The topological polar surface area (TPSA) is 92.5 Å². The van der Waals surface area contributed by atoms with Crippen molar-refractivity contribution in [1.82, 2.24) is 10.2 Å². The van der Waals surface area contributed by atoms with Crippen LogP contribution in [0.2, 0.25) is 0 Å². The van der Waals surface area contributed by atoms with E-state index in [0.717, 1.165) is 0 Å². The number of amides is 3. The van der Waals surface area contributed by atoms with Gasteiger partial charge in [-0.3, -0.25) is 19.7 Å². The first kappa shape index (κ1) is 10.5. The number of hydrogen-bond donors (Lipinski definition) is 2. The van der Waals surface area contributed by atoms with Crippen LogP contribution in [-0.4, -0.2) is 28.6 Å². The van der Waals surface area contributed by atoms with Gasteiger partial charge in [-0.25, -0.2) is 0 Å². The molecule has 2 heterocycles. The van der Waals surface area contributed by atoms with E-state index in [9.17, 15) is 14.4 Å². The van der Waals surface area contributed by atoms with E-state index in [1.165, 1.54) is 4.90 Å². The molecule has 1 fully saturated rings. The highest BCUT2D eigenvalue weighted by atomic mass is 16.2. The van der Waals surface area contributed by atoms with Crippen molar-refractivity contribution in [1.29, 1.82) is 0 Å². The highest BCUT2D eigenvalue weighted by Crippen LogP contribution is 2.30. The number of carbonyl (C=O) groups is 3. The van der Waals surface area contributed by atoms with Gasteiger partial charge in [0.05, 0.1) is 1.37 Å². The van der Waals surface area contributed by atoms with Gasteiger partial charge in [0, 0.05) is 29.8 Å². The van der Waals surface area contributed by atoms with Crippen molar-refractivity contribution in [2.75, 3.05) is 5.73 Å². The van der Waals surface area contributed by atoms with Gasteiger partial charge in [-0.05, 0) is 18.6 Å². The van der Waals surface area contributed by atoms with Crippen LogP contribution in [0.5, 0.6) is 0 Å². The quantitative estimate of drug-likeness (QED) is 0.550. The molecule has 0 aromatic heterocycles. The van der Waals surface area contributed by atoms with Crippen molar-refractivity contribution in [3.05, 3.63) is 29.3 Å². The molecule has 6 nitrogen and oxygen atoms in total. The fourth-order valence-electron chi connectivity index (χ4n) is 2.44. The maximum absolute atomic E-state index is 12.4. The summed E-state index contributed by atoms with van der Waals surface area (Å²) in [4.78, 5) is 36.7. The Morgan fingerprint density at radius 2 is 2.16 bits per heavy atom. The number of piperidine rings is 1. The molecule has 0 spiro atoms. The van der Waals surface area contributed by atoms with Crippen LogP contribution in [0.1, 0.15) is 30.1 Å². The summed E-state index contributed by atoms with van der Waals surface area (Å²) in [6.07, 6.45) is 0.0438. The van der Waals surface area contributed by atoms with Crippen molar-refractivity contribution in [3.8, 4) is 0 Å². The average Bonchev–Trinajstić information content (AvgIpc) is 2.75. The standard InChI is InChI=1S/C13H13N3O3/c14-9-3-1-2-7-8(9)6-16(13(7)19)10-4-5-11(17)15-12(10)18/h1-3,10H,4-6,14H2,(H,15,17,18)/t10-/m1/s1/i10D. The Morgan fingerprint density at radius 3 is 2.84 bits per heavy atom. The number of hydrogen-bond acceptors (Lipinski definition) is 4. The van der Waals surface area contributed by atoms with E-state index in [1.807, 2.05) is 0 Å². The molecule has 1 saturated heterocycles. The third-order valence-corrected chi connectivity index (χ3v) is 3.43. The largest absolute Gasteiger partial charge is 0.398 e. The van der Waals surface area contributed by atoms with Crippen molar-refractivity contribution in [3.63, 3.8) is 0 Å². The maximum Gasteiger partial charge on any atom is 0.255 e. The number of benzene rings is 1. The third-order valence-electron chi connectivity index (χ3n) is 3.43. The number of nitrogens with one attached hydrogen (secondary N) is 1. The molecular weight excluding hydrogens is 246 g/mol. The first-order chi connectivity index (χ1) is 9.43. The van der Waals surface area contributed by atoms with Gasteiger partial charge >= 0.3 is 0 Å². The first-order valence-corrected chi connectivity index (χ1v) is 5.97. The molecular formula is C13H13N3O3. The molecule has 6 heteroatoms. The Morgan fingerprint density at radius 1 is 1.37 bits per heavy atom. The van der Waals surface area contributed by atoms with E-state index in [0.29, 0.717) is 16.8 Å². The Balaban J connectivity index is 1.98. The Hall–Kier alpha value is -2.37. The van der Waals surface area contributed by atoms with E-state index in [4.69, 9.17) is 7.10 Å². The van der Waals surface area contributed by atoms with Gasteiger partial charge in [-0.2, -0.15) is 0 Å². The van der Waals surface area contributed by atoms with E-state index in [2.05, 4.69) is 5.32 Å².